The molecule has 1 saturated heterocycles. The maximum absolute atomic E-state index is 11.7. The van der Waals surface area contributed by atoms with Crippen LogP contribution >= 0.6 is 0 Å². The number of rotatable bonds is 5. The van der Waals surface area contributed by atoms with Crippen molar-refractivity contribution in [3.05, 3.63) is 24.4 Å². The van der Waals surface area contributed by atoms with Crippen molar-refractivity contribution in [2.75, 3.05) is 32.1 Å². The van der Waals surface area contributed by atoms with Gasteiger partial charge in [-0.1, -0.05) is 6.07 Å². The van der Waals surface area contributed by atoms with E-state index < -0.39 is 0 Å². The number of carbonyl (C=O) groups excluding carboxylic acids is 1. The molecule has 1 aliphatic heterocycles. The number of hydrogen-bond acceptors (Lipinski definition) is 5. The van der Waals surface area contributed by atoms with Crippen LogP contribution in [0.1, 0.15) is 6.42 Å². The molecule has 0 spiro atoms. The molecule has 1 unspecified atom stereocenters. The van der Waals surface area contributed by atoms with Gasteiger partial charge in [-0.3, -0.25) is 20.5 Å². The average Bonchev–Trinajstić information content (AvgIpc) is 2.91. The standard InChI is InChI=1S/C12H19N5O/c1-17(10-5-7-13-8-10)9-12(18)16-15-11-4-2-3-6-14-11/h2-4,6,10,13H,5,7-9H2,1H3,(H,14,15)(H,16,18). The van der Waals surface area contributed by atoms with E-state index in [1.165, 1.54) is 0 Å². The molecule has 2 rings (SSSR count). The Morgan fingerprint density at radius 2 is 2.50 bits per heavy atom. The number of pyridine rings is 1. The van der Waals surface area contributed by atoms with Crippen LogP contribution in [0.4, 0.5) is 5.82 Å². The van der Waals surface area contributed by atoms with E-state index in [1.54, 1.807) is 12.3 Å². The molecule has 18 heavy (non-hydrogen) atoms. The van der Waals surface area contributed by atoms with Crippen LogP contribution in [0.3, 0.4) is 0 Å². The van der Waals surface area contributed by atoms with Gasteiger partial charge in [-0.15, -0.1) is 0 Å². The summed E-state index contributed by atoms with van der Waals surface area (Å²) in [5.74, 6) is 0.575. The molecule has 3 N–H and O–H groups in total. The van der Waals surface area contributed by atoms with Crippen LogP contribution in [0.5, 0.6) is 0 Å². The molecule has 0 bridgehead atoms. The third kappa shape index (κ3) is 3.68. The van der Waals surface area contributed by atoms with Crippen LogP contribution in [-0.4, -0.2) is 48.5 Å². The third-order valence-corrected chi connectivity index (χ3v) is 3.05. The zero-order chi connectivity index (χ0) is 12.8. The molecule has 1 fully saturated rings. The van der Waals surface area contributed by atoms with E-state index in [4.69, 9.17) is 0 Å². The van der Waals surface area contributed by atoms with Crippen LogP contribution in [-0.2, 0) is 4.79 Å². The van der Waals surface area contributed by atoms with E-state index in [9.17, 15) is 4.79 Å². The van der Waals surface area contributed by atoms with Gasteiger partial charge in [0.25, 0.3) is 5.91 Å². The summed E-state index contributed by atoms with van der Waals surface area (Å²) in [6.07, 6.45) is 2.77. The molecule has 1 aromatic heterocycles. The fraction of sp³-hybridized carbons (Fsp3) is 0.500. The van der Waals surface area contributed by atoms with Crippen LogP contribution in [0.25, 0.3) is 0 Å². The Bertz CT molecular complexity index is 377. The zero-order valence-corrected chi connectivity index (χ0v) is 10.5. The predicted molar refractivity (Wildman–Crippen MR) is 69.9 cm³/mol. The Labute approximate surface area is 107 Å². The molecule has 98 valence electrons. The summed E-state index contributed by atoms with van der Waals surface area (Å²) in [7, 11) is 1.97. The van der Waals surface area contributed by atoms with E-state index in [-0.39, 0.29) is 5.91 Å². The first-order valence-electron chi connectivity index (χ1n) is 6.12. The summed E-state index contributed by atoms with van der Waals surface area (Å²) in [6.45, 7) is 2.37. The lowest BCUT2D eigenvalue weighted by Gasteiger charge is -2.22. The van der Waals surface area contributed by atoms with Gasteiger partial charge in [0.1, 0.15) is 5.82 Å². The van der Waals surface area contributed by atoms with Gasteiger partial charge in [-0.25, -0.2) is 4.98 Å². The van der Waals surface area contributed by atoms with Crippen molar-refractivity contribution in [3.8, 4) is 0 Å². The molecular weight excluding hydrogens is 230 g/mol. The number of anilines is 1. The minimum absolute atomic E-state index is 0.0601. The smallest absolute Gasteiger partial charge is 0.252 e. The van der Waals surface area contributed by atoms with Crippen molar-refractivity contribution in [1.29, 1.82) is 0 Å². The second-order valence-corrected chi connectivity index (χ2v) is 4.45. The van der Waals surface area contributed by atoms with E-state index in [0.717, 1.165) is 19.5 Å². The summed E-state index contributed by atoms with van der Waals surface area (Å²) in [5.41, 5.74) is 5.43. The topological polar surface area (TPSA) is 69.3 Å². The van der Waals surface area contributed by atoms with Gasteiger partial charge in [-0.05, 0) is 32.1 Å². The van der Waals surface area contributed by atoms with E-state index in [0.29, 0.717) is 18.4 Å². The van der Waals surface area contributed by atoms with Crippen LogP contribution in [0.15, 0.2) is 24.4 Å². The molecule has 0 aliphatic carbocycles. The second-order valence-electron chi connectivity index (χ2n) is 4.45. The van der Waals surface area contributed by atoms with E-state index >= 15 is 0 Å². The molecule has 2 heterocycles. The van der Waals surface area contributed by atoms with E-state index in [2.05, 4.69) is 26.1 Å². The van der Waals surface area contributed by atoms with Gasteiger partial charge < -0.3 is 5.32 Å². The van der Waals surface area contributed by atoms with Crippen LogP contribution in [0, 0.1) is 0 Å². The molecule has 0 aromatic carbocycles. The van der Waals surface area contributed by atoms with Crippen molar-refractivity contribution in [2.24, 2.45) is 0 Å². The average molecular weight is 249 g/mol. The fourth-order valence-electron chi connectivity index (χ4n) is 1.98. The highest BCUT2D eigenvalue weighted by Crippen LogP contribution is 2.05. The summed E-state index contributed by atoms with van der Waals surface area (Å²) < 4.78 is 0. The van der Waals surface area contributed by atoms with Gasteiger partial charge in [0.2, 0.25) is 0 Å². The molecule has 0 radical (unpaired) electrons. The summed E-state index contributed by atoms with van der Waals surface area (Å²) in [4.78, 5) is 17.8. The predicted octanol–water partition coefficient (Wildman–Crippen LogP) is -0.182. The largest absolute Gasteiger partial charge is 0.315 e. The molecule has 6 nitrogen and oxygen atoms in total. The lowest BCUT2D eigenvalue weighted by molar-refractivity contribution is -0.121. The normalized spacial score (nSPS) is 18.9. The van der Waals surface area contributed by atoms with Gasteiger partial charge in [0, 0.05) is 18.8 Å². The van der Waals surface area contributed by atoms with Crippen molar-refractivity contribution in [3.63, 3.8) is 0 Å². The van der Waals surface area contributed by atoms with E-state index in [1.807, 2.05) is 19.2 Å². The Balaban J connectivity index is 1.71. The minimum Gasteiger partial charge on any atom is -0.315 e. The Hall–Kier alpha value is -1.66. The van der Waals surface area contributed by atoms with Crippen molar-refractivity contribution >= 4 is 11.7 Å². The first-order chi connectivity index (χ1) is 8.75. The third-order valence-electron chi connectivity index (χ3n) is 3.05. The number of hydrogen-bond donors (Lipinski definition) is 3. The molecule has 0 saturated carbocycles. The maximum Gasteiger partial charge on any atom is 0.252 e. The quantitative estimate of drug-likeness (QED) is 0.632. The highest BCUT2D eigenvalue weighted by molar-refractivity contribution is 5.79. The molecule has 1 aliphatic rings. The number of carbonyl (C=O) groups is 1. The summed E-state index contributed by atoms with van der Waals surface area (Å²) in [5, 5.41) is 3.29. The van der Waals surface area contributed by atoms with Crippen LogP contribution < -0.4 is 16.2 Å². The Morgan fingerprint density at radius 3 is 3.17 bits per heavy atom. The maximum atomic E-state index is 11.7. The van der Waals surface area contributed by atoms with Gasteiger partial charge in [-0.2, -0.15) is 0 Å². The molecule has 1 atom stereocenters. The highest BCUT2D eigenvalue weighted by Gasteiger charge is 2.20. The first kappa shape index (κ1) is 12.8. The van der Waals surface area contributed by atoms with Gasteiger partial charge in [0.15, 0.2) is 0 Å². The summed E-state index contributed by atoms with van der Waals surface area (Å²) in [6, 6.07) is 5.93. The number of hydrazine groups is 1. The number of amides is 1. The highest BCUT2D eigenvalue weighted by atomic mass is 16.2. The number of aromatic nitrogens is 1. The van der Waals surface area contributed by atoms with Gasteiger partial charge >= 0.3 is 0 Å². The molecule has 1 amide bonds. The number of likely N-dealkylation sites (N-methyl/N-ethyl adjacent to an activating group) is 1. The van der Waals surface area contributed by atoms with Crippen LogP contribution in [0.2, 0.25) is 0 Å². The molecular formula is C12H19N5O. The number of nitrogens with zero attached hydrogens (tertiary/aromatic N) is 2. The lowest BCUT2D eigenvalue weighted by atomic mass is 10.2. The molecule has 6 heteroatoms. The Morgan fingerprint density at radius 1 is 1.61 bits per heavy atom. The Kier molecular flexibility index (Phi) is 4.49. The lowest BCUT2D eigenvalue weighted by Crippen LogP contribution is -2.43. The van der Waals surface area contributed by atoms with Gasteiger partial charge in [0.05, 0.1) is 6.54 Å². The summed E-state index contributed by atoms with van der Waals surface area (Å²) >= 11 is 0. The monoisotopic (exact) mass is 249 g/mol. The van der Waals surface area contributed by atoms with Crippen molar-refractivity contribution in [2.45, 2.75) is 12.5 Å². The minimum atomic E-state index is -0.0601. The zero-order valence-electron chi connectivity index (χ0n) is 10.5. The SMILES string of the molecule is CN(CC(=O)NNc1ccccn1)C1CCNC1. The number of nitrogens with one attached hydrogen (secondary N) is 3. The van der Waals surface area contributed by atoms with Crippen molar-refractivity contribution < 1.29 is 4.79 Å². The molecule has 1 aromatic rings. The second kappa shape index (κ2) is 6.32. The first-order valence-corrected chi connectivity index (χ1v) is 6.12. The van der Waals surface area contributed by atoms with Crippen molar-refractivity contribution in [1.82, 2.24) is 20.6 Å². The fourth-order valence-corrected chi connectivity index (χ4v) is 1.98.